The number of ether oxygens (including phenoxy) is 1. The number of piperidine rings is 1. The Labute approximate surface area is 196 Å². The van der Waals surface area contributed by atoms with Gasteiger partial charge in [0.1, 0.15) is 23.7 Å². The Morgan fingerprint density at radius 1 is 1.21 bits per heavy atom. The standard InChI is InChI=1S/C25H25FN6O2/c1-34-21-6-2-4-17(12-21)13-27-25(33)18-5-3-11-31(14-18)24-22-15-32(30-23(22)28-16-29-24)20-9-7-19(26)8-10-20/h2,4,6-10,12,15-16,18H,3,5,11,13-14H2,1H3,(H,27,33)/t18-/m0/s1. The summed E-state index contributed by atoms with van der Waals surface area (Å²) in [6, 6.07) is 13.8. The van der Waals surface area contributed by atoms with E-state index >= 15 is 0 Å². The highest BCUT2D eigenvalue weighted by Gasteiger charge is 2.28. The van der Waals surface area contributed by atoms with Crippen molar-refractivity contribution >= 4 is 22.8 Å². The largest absolute Gasteiger partial charge is 0.497 e. The molecule has 0 radical (unpaired) electrons. The highest BCUT2D eigenvalue weighted by Crippen LogP contribution is 2.28. The lowest BCUT2D eigenvalue weighted by Gasteiger charge is -2.33. The second-order valence-corrected chi connectivity index (χ2v) is 8.34. The molecule has 0 unspecified atom stereocenters. The molecule has 2 aromatic heterocycles. The Balaban J connectivity index is 1.31. The molecule has 5 rings (SSSR count). The lowest BCUT2D eigenvalue weighted by Crippen LogP contribution is -2.43. The van der Waals surface area contributed by atoms with Crippen LogP contribution in [0.15, 0.2) is 61.1 Å². The molecular formula is C25H25FN6O2. The molecule has 9 heteroatoms. The van der Waals surface area contributed by atoms with Gasteiger partial charge in [-0.2, -0.15) is 0 Å². The summed E-state index contributed by atoms with van der Waals surface area (Å²) in [7, 11) is 1.63. The SMILES string of the molecule is COc1cccc(CNC(=O)[C@H]2CCCN(c3ncnc4nn(-c5ccc(F)cc5)cc34)C2)c1. The first-order chi connectivity index (χ1) is 16.6. The van der Waals surface area contributed by atoms with Gasteiger partial charge in [0.05, 0.1) is 24.1 Å². The third-order valence-electron chi connectivity index (χ3n) is 6.08. The molecular weight excluding hydrogens is 435 g/mol. The molecule has 1 N–H and O–H groups in total. The molecule has 2 aromatic carbocycles. The molecule has 0 saturated carbocycles. The van der Waals surface area contributed by atoms with Crippen LogP contribution in [-0.4, -0.2) is 45.9 Å². The molecule has 34 heavy (non-hydrogen) atoms. The van der Waals surface area contributed by atoms with Crippen LogP contribution in [0.5, 0.6) is 5.75 Å². The van der Waals surface area contributed by atoms with Gasteiger partial charge in [0.15, 0.2) is 5.65 Å². The van der Waals surface area contributed by atoms with Crippen molar-refractivity contribution in [1.82, 2.24) is 25.1 Å². The number of nitrogens with one attached hydrogen (secondary N) is 1. The molecule has 8 nitrogen and oxygen atoms in total. The highest BCUT2D eigenvalue weighted by atomic mass is 19.1. The molecule has 174 valence electrons. The average Bonchev–Trinajstić information content (AvgIpc) is 3.32. The molecule has 3 heterocycles. The zero-order chi connectivity index (χ0) is 23.5. The van der Waals surface area contributed by atoms with Crippen LogP contribution < -0.4 is 15.0 Å². The van der Waals surface area contributed by atoms with E-state index in [-0.39, 0.29) is 17.6 Å². The van der Waals surface area contributed by atoms with Crippen molar-refractivity contribution in [3.05, 3.63) is 72.4 Å². The van der Waals surface area contributed by atoms with Gasteiger partial charge in [-0.05, 0) is 54.8 Å². The number of nitrogens with zero attached hydrogens (tertiary/aromatic N) is 5. The molecule has 4 aromatic rings. The van der Waals surface area contributed by atoms with E-state index in [2.05, 4.69) is 25.3 Å². The minimum absolute atomic E-state index is 0.0276. The molecule has 1 atom stereocenters. The maximum atomic E-state index is 13.3. The van der Waals surface area contributed by atoms with Crippen LogP contribution in [0, 0.1) is 11.7 Å². The summed E-state index contributed by atoms with van der Waals surface area (Å²) in [6.07, 6.45) is 5.05. The van der Waals surface area contributed by atoms with Gasteiger partial charge in [-0.15, -0.1) is 5.10 Å². The van der Waals surface area contributed by atoms with E-state index < -0.39 is 0 Å². The van der Waals surface area contributed by atoms with Crippen LogP contribution in [0.3, 0.4) is 0 Å². The van der Waals surface area contributed by atoms with Gasteiger partial charge in [0.25, 0.3) is 0 Å². The fraction of sp³-hybridized carbons (Fsp3) is 0.280. The fourth-order valence-corrected chi connectivity index (χ4v) is 4.30. The average molecular weight is 461 g/mol. The van der Waals surface area contributed by atoms with Crippen LogP contribution in [0.25, 0.3) is 16.7 Å². The van der Waals surface area contributed by atoms with Gasteiger partial charge in [0, 0.05) is 25.8 Å². The molecule has 0 aliphatic carbocycles. The van der Waals surface area contributed by atoms with Crippen molar-refractivity contribution < 1.29 is 13.9 Å². The molecule has 1 saturated heterocycles. The maximum absolute atomic E-state index is 13.3. The van der Waals surface area contributed by atoms with E-state index in [1.54, 1.807) is 23.9 Å². The van der Waals surface area contributed by atoms with Gasteiger partial charge in [0.2, 0.25) is 5.91 Å². The predicted octanol–water partition coefficient (Wildman–Crippen LogP) is 3.50. The minimum Gasteiger partial charge on any atom is -0.497 e. The second-order valence-electron chi connectivity index (χ2n) is 8.34. The van der Waals surface area contributed by atoms with E-state index in [1.165, 1.54) is 18.5 Å². The van der Waals surface area contributed by atoms with Gasteiger partial charge < -0.3 is 15.0 Å². The van der Waals surface area contributed by atoms with Crippen molar-refractivity contribution in [2.45, 2.75) is 19.4 Å². The number of aromatic nitrogens is 4. The molecule has 1 fully saturated rings. The zero-order valence-corrected chi connectivity index (χ0v) is 18.8. The summed E-state index contributed by atoms with van der Waals surface area (Å²) in [5, 5.41) is 8.38. The third-order valence-corrected chi connectivity index (χ3v) is 6.08. The summed E-state index contributed by atoms with van der Waals surface area (Å²) in [5.41, 5.74) is 2.28. The van der Waals surface area contributed by atoms with Crippen molar-refractivity contribution in [2.24, 2.45) is 5.92 Å². The number of carbonyl (C=O) groups excluding carboxylic acids is 1. The minimum atomic E-state index is -0.301. The number of methoxy groups -OCH3 is 1. The second kappa shape index (κ2) is 9.46. The number of fused-ring (bicyclic) bond motifs is 1. The van der Waals surface area contributed by atoms with E-state index in [1.807, 2.05) is 30.5 Å². The van der Waals surface area contributed by atoms with Crippen molar-refractivity contribution in [3.63, 3.8) is 0 Å². The molecule has 0 bridgehead atoms. The number of rotatable bonds is 6. The van der Waals surface area contributed by atoms with Crippen molar-refractivity contribution in [3.8, 4) is 11.4 Å². The molecule has 1 amide bonds. The van der Waals surface area contributed by atoms with Crippen LogP contribution in [-0.2, 0) is 11.3 Å². The summed E-state index contributed by atoms with van der Waals surface area (Å²) in [4.78, 5) is 23.9. The van der Waals surface area contributed by atoms with E-state index in [0.29, 0.717) is 18.7 Å². The molecule has 1 aliphatic heterocycles. The van der Waals surface area contributed by atoms with Gasteiger partial charge >= 0.3 is 0 Å². The maximum Gasteiger partial charge on any atom is 0.225 e. The van der Waals surface area contributed by atoms with Crippen LogP contribution in [0.1, 0.15) is 18.4 Å². The van der Waals surface area contributed by atoms with Crippen LogP contribution >= 0.6 is 0 Å². The summed E-state index contributed by atoms with van der Waals surface area (Å²) in [6.45, 7) is 1.82. The number of carbonyl (C=O) groups is 1. The summed E-state index contributed by atoms with van der Waals surface area (Å²) in [5.74, 6) is 1.11. The van der Waals surface area contributed by atoms with Gasteiger partial charge in [-0.3, -0.25) is 4.79 Å². The Kier molecular flexibility index (Phi) is 6.07. The lowest BCUT2D eigenvalue weighted by atomic mass is 9.97. The summed E-state index contributed by atoms with van der Waals surface area (Å²) < 4.78 is 20.2. The molecule has 0 spiro atoms. The number of hydrogen-bond donors (Lipinski definition) is 1. The normalized spacial score (nSPS) is 15.9. The van der Waals surface area contributed by atoms with Gasteiger partial charge in [-0.25, -0.2) is 19.0 Å². The fourth-order valence-electron chi connectivity index (χ4n) is 4.30. The number of halogens is 1. The Morgan fingerprint density at radius 3 is 2.88 bits per heavy atom. The number of hydrogen-bond acceptors (Lipinski definition) is 6. The topological polar surface area (TPSA) is 85.2 Å². The quantitative estimate of drug-likeness (QED) is 0.474. The first kappa shape index (κ1) is 21.8. The number of anilines is 1. The lowest BCUT2D eigenvalue weighted by molar-refractivity contribution is -0.125. The van der Waals surface area contributed by atoms with Crippen LogP contribution in [0.4, 0.5) is 10.2 Å². The predicted molar refractivity (Wildman–Crippen MR) is 126 cm³/mol. The summed E-state index contributed by atoms with van der Waals surface area (Å²) >= 11 is 0. The Morgan fingerprint density at radius 2 is 2.06 bits per heavy atom. The first-order valence-corrected chi connectivity index (χ1v) is 11.2. The van der Waals surface area contributed by atoms with E-state index in [4.69, 9.17) is 4.74 Å². The highest BCUT2D eigenvalue weighted by molar-refractivity contribution is 5.87. The Hall–Kier alpha value is -4.01. The smallest absolute Gasteiger partial charge is 0.225 e. The van der Waals surface area contributed by atoms with Crippen LogP contribution in [0.2, 0.25) is 0 Å². The van der Waals surface area contributed by atoms with E-state index in [9.17, 15) is 9.18 Å². The third kappa shape index (κ3) is 4.54. The zero-order valence-electron chi connectivity index (χ0n) is 18.8. The van der Waals surface area contributed by atoms with Crippen molar-refractivity contribution in [2.75, 3.05) is 25.1 Å². The van der Waals surface area contributed by atoms with Gasteiger partial charge in [-0.1, -0.05) is 12.1 Å². The molecule has 1 aliphatic rings. The monoisotopic (exact) mass is 460 g/mol. The Bertz CT molecular complexity index is 1310. The first-order valence-electron chi connectivity index (χ1n) is 11.2. The van der Waals surface area contributed by atoms with E-state index in [0.717, 1.165) is 47.6 Å². The van der Waals surface area contributed by atoms with Crippen molar-refractivity contribution in [1.29, 1.82) is 0 Å². The number of benzene rings is 2. The number of amides is 1.